The minimum atomic E-state index is -0.281. The van der Waals surface area contributed by atoms with Gasteiger partial charge in [0, 0.05) is 17.4 Å². The molecule has 39 heavy (non-hydrogen) atoms. The molecule has 2 aromatic carbocycles. The summed E-state index contributed by atoms with van der Waals surface area (Å²) in [6, 6.07) is 19.3. The van der Waals surface area contributed by atoms with Crippen molar-refractivity contribution in [2.24, 2.45) is 0 Å². The maximum atomic E-state index is 6.45. The number of benzene rings is 2. The Labute approximate surface area is 228 Å². The molecule has 5 heterocycles. The van der Waals surface area contributed by atoms with Gasteiger partial charge < -0.3 is 9.47 Å². The summed E-state index contributed by atoms with van der Waals surface area (Å²) in [6.07, 6.45) is 5.21. The molecule has 0 N–H and O–H groups in total. The Bertz CT molecular complexity index is 1830. The quantitative estimate of drug-likeness (QED) is 0.273. The number of hydrogen-bond donors (Lipinski definition) is 0. The first-order valence-electron chi connectivity index (χ1n) is 12.4. The minimum absolute atomic E-state index is 0.217. The lowest BCUT2D eigenvalue weighted by molar-refractivity contribution is 0.296. The average Bonchev–Trinajstić information content (AvgIpc) is 3.52. The SMILES string of the molecule is Cc1ccc(OCc2nc3c4c(ncn3n2)Oc2c(c(C)nn2-c2cccc(Cl)c2)[C@H]4c2cccnc2)cc1. The van der Waals surface area contributed by atoms with Gasteiger partial charge in [0.1, 0.15) is 18.7 Å². The summed E-state index contributed by atoms with van der Waals surface area (Å²) in [5.74, 6) is 2.02. The second-order valence-corrected chi connectivity index (χ2v) is 9.82. The van der Waals surface area contributed by atoms with E-state index in [-0.39, 0.29) is 12.5 Å². The maximum absolute atomic E-state index is 6.45. The van der Waals surface area contributed by atoms with Crippen LogP contribution in [0.5, 0.6) is 17.5 Å². The molecule has 0 fully saturated rings. The molecule has 1 aliphatic heterocycles. The van der Waals surface area contributed by atoms with Crippen molar-refractivity contribution in [1.82, 2.24) is 34.3 Å². The summed E-state index contributed by atoms with van der Waals surface area (Å²) < 4.78 is 15.8. The van der Waals surface area contributed by atoms with Crippen LogP contribution in [0.2, 0.25) is 5.02 Å². The molecule has 4 aromatic heterocycles. The van der Waals surface area contributed by atoms with Gasteiger partial charge in [-0.05, 0) is 55.8 Å². The zero-order valence-corrected chi connectivity index (χ0v) is 21.9. The maximum Gasteiger partial charge on any atom is 0.230 e. The van der Waals surface area contributed by atoms with Gasteiger partial charge in [-0.15, -0.1) is 5.10 Å². The first-order valence-corrected chi connectivity index (χ1v) is 12.8. The number of ether oxygens (including phenoxy) is 2. The van der Waals surface area contributed by atoms with Crippen LogP contribution in [0.3, 0.4) is 0 Å². The minimum Gasteiger partial charge on any atom is -0.486 e. The summed E-state index contributed by atoms with van der Waals surface area (Å²) >= 11 is 6.30. The van der Waals surface area contributed by atoms with Gasteiger partial charge in [-0.3, -0.25) is 4.98 Å². The van der Waals surface area contributed by atoms with Crippen LogP contribution in [-0.4, -0.2) is 34.3 Å². The first kappa shape index (κ1) is 23.4. The lowest BCUT2D eigenvalue weighted by Gasteiger charge is -2.26. The highest BCUT2D eigenvalue weighted by Gasteiger charge is 2.38. The van der Waals surface area contributed by atoms with Crippen LogP contribution in [-0.2, 0) is 6.61 Å². The first-order chi connectivity index (χ1) is 19.0. The van der Waals surface area contributed by atoms with E-state index >= 15 is 0 Å². The number of aromatic nitrogens is 7. The van der Waals surface area contributed by atoms with Crippen LogP contribution in [0.15, 0.2) is 79.4 Å². The summed E-state index contributed by atoms with van der Waals surface area (Å²) in [7, 11) is 0. The lowest BCUT2D eigenvalue weighted by Crippen LogP contribution is -2.16. The highest BCUT2D eigenvalue weighted by Crippen LogP contribution is 2.49. The number of hydrogen-bond acceptors (Lipinski definition) is 7. The van der Waals surface area contributed by atoms with Gasteiger partial charge >= 0.3 is 0 Å². The van der Waals surface area contributed by atoms with Gasteiger partial charge in [-0.1, -0.05) is 41.4 Å². The zero-order valence-electron chi connectivity index (χ0n) is 21.1. The molecule has 1 atom stereocenters. The van der Waals surface area contributed by atoms with Crippen molar-refractivity contribution >= 4 is 17.2 Å². The molecule has 0 bridgehead atoms. The predicted octanol–water partition coefficient (Wildman–Crippen LogP) is 5.84. The number of nitrogens with zero attached hydrogens (tertiary/aromatic N) is 7. The Morgan fingerprint density at radius 2 is 1.87 bits per heavy atom. The zero-order chi connectivity index (χ0) is 26.5. The van der Waals surface area contributed by atoms with Crippen molar-refractivity contribution in [1.29, 1.82) is 0 Å². The fraction of sp³-hybridized carbons (Fsp3) is 0.138. The summed E-state index contributed by atoms with van der Waals surface area (Å²) in [6.45, 7) is 4.22. The van der Waals surface area contributed by atoms with Crippen molar-refractivity contribution in [3.63, 3.8) is 0 Å². The molecule has 6 aromatic rings. The number of pyridine rings is 1. The van der Waals surface area contributed by atoms with E-state index in [1.807, 2.05) is 80.7 Å². The molecule has 7 rings (SSSR count). The Hall–Kier alpha value is -4.76. The monoisotopic (exact) mass is 535 g/mol. The van der Waals surface area contributed by atoms with Crippen molar-refractivity contribution in [3.05, 3.63) is 118 Å². The summed E-state index contributed by atoms with van der Waals surface area (Å²) in [5.41, 5.74) is 6.07. The number of aryl methyl sites for hydroxylation is 2. The Balaban J connectivity index is 1.36. The van der Waals surface area contributed by atoms with Crippen LogP contribution in [0.25, 0.3) is 11.3 Å². The van der Waals surface area contributed by atoms with Crippen LogP contribution in [0.4, 0.5) is 0 Å². The van der Waals surface area contributed by atoms with Gasteiger partial charge in [0.2, 0.25) is 11.8 Å². The molecule has 192 valence electrons. The molecule has 1 aliphatic rings. The molecule has 0 amide bonds. The van der Waals surface area contributed by atoms with Gasteiger partial charge in [-0.25, -0.2) is 19.2 Å². The highest BCUT2D eigenvalue weighted by molar-refractivity contribution is 6.30. The number of fused-ring (bicyclic) bond motifs is 4. The number of rotatable bonds is 5. The van der Waals surface area contributed by atoms with E-state index in [1.54, 1.807) is 21.7 Å². The Morgan fingerprint density at radius 1 is 1.00 bits per heavy atom. The fourth-order valence-corrected chi connectivity index (χ4v) is 5.11. The van der Waals surface area contributed by atoms with Crippen molar-refractivity contribution in [3.8, 4) is 23.2 Å². The topological polar surface area (TPSA) is 92.3 Å². The van der Waals surface area contributed by atoms with Crippen LogP contribution >= 0.6 is 11.6 Å². The molecule has 0 saturated carbocycles. The van der Waals surface area contributed by atoms with E-state index in [1.165, 1.54) is 5.56 Å². The van der Waals surface area contributed by atoms with Crippen molar-refractivity contribution in [2.75, 3.05) is 0 Å². The average molecular weight is 536 g/mol. The Kier molecular flexibility index (Phi) is 5.52. The molecule has 9 nitrogen and oxygen atoms in total. The second-order valence-electron chi connectivity index (χ2n) is 9.38. The highest BCUT2D eigenvalue weighted by atomic mass is 35.5. The molecule has 10 heteroatoms. The largest absolute Gasteiger partial charge is 0.486 e. The lowest BCUT2D eigenvalue weighted by atomic mass is 9.85. The van der Waals surface area contributed by atoms with E-state index in [0.29, 0.717) is 28.3 Å². The van der Waals surface area contributed by atoms with Crippen LogP contribution < -0.4 is 9.47 Å². The third kappa shape index (κ3) is 4.07. The van der Waals surface area contributed by atoms with E-state index in [0.717, 1.165) is 33.8 Å². The summed E-state index contributed by atoms with van der Waals surface area (Å²) in [5, 5.41) is 10.1. The Morgan fingerprint density at radius 3 is 2.67 bits per heavy atom. The van der Waals surface area contributed by atoms with Crippen LogP contribution in [0, 0.1) is 13.8 Å². The van der Waals surface area contributed by atoms with E-state index in [9.17, 15) is 0 Å². The molecular weight excluding hydrogens is 514 g/mol. The van der Waals surface area contributed by atoms with Gasteiger partial charge in [0.25, 0.3) is 0 Å². The molecule has 0 saturated heterocycles. The normalized spacial score (nSPS) is 14.1. The van der Waals surface area contributed by atoms with E-state index in [4.69, 9.17) is 31.2 Å². The van der Waals surface area contributed by atoms with Gasteiger partial charge in [0.15, 0.2) is 11.5 Å². The second kappa shape index (κ2) is 9.21. The molecular formula is C29H22ClN7O2. The number of halogens is 1. The molecule has 0 unspecified atom stereocenters. The smallest absolute Gasteiger partial charge is 0.230 e. The van der Waals surface area contributed by atoms with Gasteiger partial charge in [-0.2, -0.15) is 5.10 Å². The molecule has 0 aliphatic carbocycles. The van der Waals surface area contributed by atoms with Crippen molar-refractivity contribution in [2.45, 2.75) is 26.4 Å². The van der Waals surface area contributed by atoms with Crippen LogP contribution in [0.1, 0.15) is 39.7 Å². The van der Waals surface area contributed by atoms with E-state index in [2.05, 4.69) is 15.1 Å². The molecule has 0 radical (unpaired) electrons. The fourth-order valence-electron chi connectivity index (χ4n) is 4.93. The van der Waals surface area contributed by atoms with Crippen molar-refractivity contribution < 1.29 is 9.47 Å². The van der Waals surface area contributed by atoms with E-state index < -0.39 is 0 Å². The molecule has 0 spiro atoms. The summed E-state index contributed by atoms with van der Waals surface area (Å²) in [4.78, 5) is 13.9. The predicted molar refractivity (Wildman–Crippen MR) is 145 cm³/mol. The van der Waals surface area contributed by atoms with Gasteiger partial charge in [0.05, 0.1) is 28.4 Å². The third-order valence-electron chi connectivity index (χ3n) is 6.72. The standard InChI is InChI=1S/C29H22ClN7O2/c1-17-8-10-22(11-9-17)38-15-23-33-27-26-25(19-5-4-12-31-14-19)24-18(2)34-37(21-7-3-6-20(30)13-21)29(24)39-28(26)32-16-36(27)35-23/h3-14,16,25H,15H2,1-2H3/t25-/m1/s1. The third-order valence-corrected chi connectivity index (χ3v) is 6.96.